The van der Waals surface area contributed by atoms with Gasteiger partial charge < -0.3 is 24.6 Å². The molecule has 2 aromatic heterocycles. The minimum atomic E-state index is -1.11. The smallest absolute Gasteiger partial charge is 0.336 e. The first kappa shape index (κ1) is 26.3. The molecule has 1 atom stereocenters. The number of carboxylic acids is 1. The molecule has 0 aliphatic carbocycles. The number of methoxy groups -OCH3 is 1. The number of rotatable bonds is 9. The fraction of sp³-hybridized carbons (Fsp3) is 0.161. The summed E-state index contributed by atoms with van der Waals surface area (Å²) < 4.78 is 10.5. The number of hydrogen-bond donors (Lipinski definition) is 3. The van der Waals surface area contributed by atoms with Crippen LogP contribution >= 0.6 is 0 Å². The number of fused-ring (bicyclic) bond motifs is 1. The topological polar surface area (TPSA) is 141 Å². The molecule has 9 nitrogen and oxygen atoms in total. The first-order valence-electron chi connectivity index (χ1n) is 12.7. The summed E-state index contributed by atoms with van der Waals surface area (Å²) in [6.07, 6.45) is 5.56. The van der Waals surface area contributed by atoms with Crippen LogP contribution in [0.15, 0.2) is 77.7 Å². The predicted molar refractivity (Wildman–Crippen MR) is 148 cm³/mol. The van der Waals surface area contributed by atoms with E-state index in [0.717, 1.165) is 22.0 Å². The predicted octanol–water partition coefficient (Wildman–Crippen LogP) is 5.87. The highest BCUT2D eigenvalue weighted by Crippen LogP contribution is 2.40. The number of hydrogen-bond acceptors (Lipinski definition) is 6. The Kier molecular flexibility index (Phi) is 7.33. The summed E-state index contributed by atoms with van der Waals surface area (Å²) in [6.45, 7) is 2.17. The third kappa shape index (κ3) is 5.02. The fourth-order valence-electron chi connectivity index (χ4n) is 5.01. The van der Waals surface area contributed by atoms with Gasteiger partial charge in [0, 0.05) is 28.6 Å². The lowest BCUT2D eigenvalue weighted by Gasteiger charge is -2.21. The van der Waals surface area contributed by atoms with E-state index in [1.807, 2.05) is 18.3 Å². The number of amides is 1. The Labute approximate surface area is 230 Å². The second-order valence-corrected chi connectivity index (χ2v) is 9.20. The Morgan fingerprint density at radius 1 is 1.12 bits per heavy atom. The maximum absolute atomic E-state index is 13.1. The second-order valence-electron chi connectivity index (χ2n) is 9.20. The van der Waals surface area contributed by atoms with Crippen molar-refractivity contribution in [2.75, 3.05) is 7.11 Å². The third-order valence-corrected chi connectivity index (χ3v) is 6.95. The lowest BCUT2D eigenvalue weighted by molar-refractivity contribution is 0.0697. The number of benzene rings is 3. The van der Waals surface area contributed by atoms with E-state index in [9.17, 15) is 20.0 Å². The maximum atomic E-state index is 13.1. The van der Waals surface area contributed by atoms with Crippen molar-refractivity contribution in [3.8, 4) is 22.9 Å². The van der Waals surface area contributed by atoms with Gasteiger partial charge in [0.25, 0.3) is 5.91 Å². The van der Waals surface area contributed by atoms with Crippen molar-refractivity contribution in [1.29, 1.82) is 5.26 Å². The van der Waals surface area contributed by atoms with Crippen molar-refractivity contribution >= 4 is 22.8 Å². The van der Waals surface area contributed by atoms with Crippen LogP contribution in [0.3, 0.4) is 0 Å². The number of oxazole rings is 1. The number of nitriles is 1. The van der Waals surface area contributed by atoms with Crippen LogP contribution in [-0.4, -0.2) is 34.1 Å². The second kappa shape index (κ2) is 11.2. The normalized spacial score (nSPS) is 11.6. The van der Waals surface area contributed by atoms with Gasteiger partial charge in [-0.2, -0.15) is 5.26 Å². The Hall–Kier alpha value is -5.36. The summed E-state index contributed by atoms with van der Waals surface area (Å²) in [6, 6.07) is 17.9. The van der Waals surface area contributed by atoms with E-state index in [1.54, 1.807) is 36.4 Å². The Morgan fingerprint density at radius 2 is 1.98 bits per heavy atom. The molecule has 0 saturated carbocycles. The quantitative estimate of drug-likeness (QED) is 0.215. The van der Waals surface area contributed by atoms with Crippen molar-refractivity contribution in [1.82, 2.24) is 15.3 Å². The first-order valence-corrected chi connectivity index (χ1v) is 12.7. The fourth-order valence-corrected chi connectivity index (χ4v) is 5.01. The van der Waals surface area contributed by atoms with Crippen molar-refractivity contribution in [2.45, 2.75) is 25.8 Å². The minimum absolute atomic E-state index is 0.0605. The number of ether oxygens (including phenoxy) is 1. The van der Waals surface area contributed by atoms with Gasteiger partial charge in [0.15, 0.2) is 0 Å². The molecule has 0 fully saturated rings. The number of H-pyrrole nitrogens is 1. The molecule has 2 heterocycles. The zero-order valence-electron chi connectivity index (χ0n) is 21.9. The van der Waals surface area contributed by atoms with E-state index >= 15 is 0 Å². The average Bonchev–Trinajstić information content (AvgIpc) is 3.66. The standard InChI is InChI=1S/C31H26N4O5/c1-3-21(27-16-34-28-12-18(15-32)4-7-24(27)28)22-8-5-19(30(36)35-17-29-33-10-11-40-29)13-25(22)23-9-6-20(39-2)14-26(23)31(37)38/h4-14,16,21,34H,3,17H2,1-2H3,(H,35,36)(H,37,38). The molecule has 0 aliphatic heterocycles. The van der Waals surface area contributed by atoms with Crippen LogP contribution in [0.25, 0.3) is 22.0 Å². The van der Waals surface area contributed by atoms with Gasteiger partial charge in [-0.1, -0.05) is 19.1 Å². The van der Waals surface area contributed by atoms with E-state index in [4.69, 9.17) is 9.15 Å². The summed E-state index contributed by atoms with van der Waals surface area (Å²) in [5.41, 5.74) is 4.79. The number of carbonyl (C=O) groups excluding carboxylic acids is 1. The van der Waals surface area contributed by atoms with E-state index in [0.29, 0.717) is 40.3 Å². The van der Waals surface area contributed by atoms with Crippen molar-refractivity contribution in [3.63, 3.8) is 0 Å². The van der Waals surface area contributed by atoms with Crippen LogP contribution < -0.4 is 10.1 Å². The summed E-state index contributed by atoms with van der Waals surface area (Å²) >= 11 is 0. The summed E-state index contributed by atoms with van der Waals surface area (Å²) in [7, 11) is 1.48. The lowest BCUT2D eigenvalue weighted by Crippen LogP contribution is -2.23. The number of carbonyl (C=O) groups is 2. The lowest BCUT2D eigenvalue weighted by atomic mass is 9.82. The van der Waals surface area contributed by atoms with E-state index in [-0.39, 0.29) is 23.9 Å². The van der Waals surface area contributed by atoms with Crippen LogP contribution in [0.1, 0.15) is 62.6 Å². The van der Waals surface area contributed by atoms with E-state index in [1.165, 1.54) is 25.6 Å². The maximum Gasteiger partial charge on any atom is 0.336 e. The molecule has 200 valence electrons. The molecule has 5 aromatic rings. The molecule has 5 rings (SSSR count). The summed E-state index contributed by atoms with van der Waals surface area (Å²) in [5.74, 6) is -0.800. The van der Waals surface area contributed by atoms with Crippen LogP contribution in [-0.2, 0) is 6.54 Å². The average molecular weight is 535 g/mol. The van der Waals surface area contributed by atoms with Crippen LogP contribution in [0.4, 0.5) is 0 Å². The molecule has 9 heteroatoms. The molecule has 0 aliphatic rings. The van der Waals surface area contributed by atoms with Crippen molar-refractivity contribution in [2.24, 2.45) is 0 Å². The number of carboxylic acid groups (broad SMARTS) is 1. The molecule has 3 aromatic carbocycles. The monoisotopic (exact) mass is 534 g/mol. The van der Waals surface area contributed by atoms with Gasteiger partial charge in [-0.15, -0.1) is 0 Å². The zero-order chi connectivity index (χ0) is 28.2. The number of nitrogens with zero attached hydrogens (tertiary/aromatic N) is 2. The van der Waals surface area contributed by atoms with Gasteiger partial charge in [0.1, 0.15) is 12.0 Å². The number of aromatic carboxylic acids is 1. The Balaban J connectivity index is 1.65. The molecule has 0 bridgehead atoms. The van der Waals surface area contributed by atoms with Gasteiger partial charge in [0.2, 0.25) is 5.89 Å². The van der Waals surface area contributed by atoms with Gasteiger partial charge >= 0.3 is 5.97 Å². The van der Waals surface area contributed by atoms with Crippen molar-refractivity contribution < 1.29 is 23.8 Å². The van der Waals surface area contributed by atoms with Crippen molar-refractivity contribution in [3.05, 3.63) is 107 Å². The molecular weight excluding hydrogens is 508 g/mol. The number of aromatic amines is 1. The van der Waals surface area contributed by atoms with Crippen LogP contribution in [0.2, 0.25) is 0 Å². The van der Waals surface area contributed by atoms with E-state index < -0.39 is 5.97 Å². The molecule has 1 amide bonds. The van der Waals surface area contributed by atoms with Gasteiger partial charge in [0.05, 0.1) is 37.0 Å². The molecule has 1 unspecified atom stereocenters. The minimum Gasteiger partial charge on any atom is -0.497 e. The summed E-state index contributed by atoms with van der Waals surface area (Å²) in [4.78, 5) is 32.8. The Morgan fingerprint density at radius 3 is 2.67 bits per heavy atom. The van der Waals surface area contributed by atoms with Gasteiger partial charge in [-0.25, -0.2) is 9.78 Å². The highest BCUT2D eigenvalue weighted by atomic mass is 16.5. The van der Waals surface area contributed by atoms with Gasteiger partial charge in [-0.05, 0) is 71.1 Å². The SMILES string of the molecule is CCC(c1ccc(C(=O)NCc2ncco2)cc1-c1ccc(OC)cc1C(=O)O)c1c[nH]c2cc(C#N)ccc12. The number of nitrogens with one attached hydrogen (secondary N) is 2. The molecule has 40 heavy (non-hydrogen) atoms. The molecule has 3 N–H and O–H groups in total. The third-order valence-electron chi connectivity index (χ3n) is 6.95. The molecule has 0 spiro atoms. The Bertz CT molecular complexity index is 1750. The van der Waals surface area contributed by atoms with E-state index in [2.05, 4.69) is 28.3 Å². The zero-order valence-corrected chi connectivity index (χ0v) is 21.9. The van der Waals surface area contributed by atoms with Gasteiger partial charge in [-0.3, -0.25) is 4.79 Å². The molecular formula is C31H26N4O5. The molecule has 0 saturated heterocycles. The molecule has 0 radical (unpaired) electrons. The van der Waals surface area contributed by atoms with Crippen LogP contribution in [0.5, 0.6) is 5.75 Å². The highest BCUT2D eigenvalue weighted by Gasteiger charge is 2.24. The first-order chi connectivity index (χ1) is 19.4. The highest BCUT2D eigenvalue weighted by molar-refractivity contribution is 6.00. The summed E-state index contributed by atoms with van der Waals surface area (Å²) in [5, 5.41) is 23.2. The number of aromatic nitrogens is 2. The van der Waals surface area contributed by atoms with Crippen LogP contribution in [0, 0.1) is 11.3 Å². The largest absolute Gasteiger partial charge is 0.497 e.